The van der Waals surface area contributed by atoms with E-state index in [0.29, 0.717) is 5.56 Å². The van der Waals surface area contributed by atoms with Crippen molar-refractivity contribution in [3.8, 4) is 0 Å². The first-order valence-electron chi connectivity index (χ1n) is 7.98. The number of nitrogens with one attached hydrogen (secondary N) is 1. The van der Waals surface area contributed by atoms with Gasteiger partial charge < -0.3 is 9.88 Å². The molecule has 2 aromatic heterocycles. The molecule has 1 amide bonds. The third kappa shape index (κ3) is 2.59. The highest BCUT2D eigenvalue weighted by Gasteiger charge is 2.30. The Hall–Kier alpha value is -2.69. The Labute approximate surface area is 134 Å². The number of benzene rings is 1. The molecule has 116 valence electrons. The van der Waals surface area contributed by atoms with Crippen molar-refractivity contribution in [2.24, 2.45) is 0 Å². The van der Waals surface area contributed by atoms with Crippen molar-refractivity contribution in [2.45, 2.75) is 25.3 Å². The maximum atomic E-state index is 12.9. The van der Waals surface area contributed by atoms with Gasteiger partial charge in [-0.3, -0.25) is 9.78 Å². The number of nitrogens with zero attached hydrogens (tertiary/aromatic N) is 3. The second-order valence-corrected chi connectivity index (χ2v) is 5.89. The van der Waals surface area contributed by atoms with E-state index in [2.05, 4.69) is 9.97 Å². The fourth-order valence-electron chi connectivity index (χ4n) is 3.25. The van der Waals surface area contributed by atoms with Crippen LogP contribution < -0.4 is 0 Å². The van der Waals surface area contributed by atoms with E-state index < -0.39 is 0 Å². The minimum atomic E-state index is 0.0109. The zero-order valence-corrected chi connectivity index (χ0v) is 12.8. The second-order valence-electron chi connectivity index (χ2n) is 5.89. The molecule has 0 bridgehead atoms. The molecule has 1 atom stereocenters. The average molecular weight is 306 g/mol. The van der Waals surface area contributed by atoms with E-state index in [4.69, 9.17) is 4.98 Å². The summed E-state index contributed by atoms with van der Waals surface area (Å²) in [5.74, 6) is 0.936. The number of imidazole rings is 1. The Morgan fingerprint density at radius 3 is 2.78 bits per heavy atom. The fourth-order valence-corrected chi connectivity index (χ4v) is 3.25. The van der Waals surface area contributed by atoms with Crippen molar-refractivity contribution < 1.29 is 4.79 Å². The first-order chi connectivity index (χ1) is 11.3. The number of carbonyl (C=O) groups excluding carboxylic acids is 1. The lowest BCUT2D eigenvalue weighted by Crippen LogP contribution is -2.39. The van der Waals surface area contributed by atoms with Gasteiger partial charge in [0.15, 0.2) is 0 Å². The summed E-state index contributed by atoms with van der Waals surface area (Å²) in [6, 6.07) is 11.5. The molecule has 0 aliphatic carbocycles. The molecule has 1 N–H and O–H groups in total. The zero-order valence-electron chi connectivity index (χ0n) is 12.8. The van der Waals surface area contributed by atoms with E-state index in [1.54, 1.807) is 24.5 Å². The van der Waals surface area contributed by atoms with Crippen LogP contribution in [0.25, 0.3) is 11.0 Å². The van der Waals surface area contributed by atoms with Crippen LogP contribution in [0, 0.1) is 0 Å². The van der Waals surface area contributed by atoms with Crippen LogP contribution in [0.15, 0.2) is 48.8 Å². The van der Waals surface area contributed by atoms with E-state index in [1.165, 1.54) is 0 Å². The average Bonchev–Trinajstić information content (AvgIpc) is 3.06. The molecular weight excluding hydrogens is 288 g/mol. The summed E-state index contributed by atoms with van der Waals surface area (Å²) in [6.07, 6.45) is 6.41. The van der Waals surface area contributed by atoms with E-state index in [0.717, 1.165) is 42.7 Å². The minimum absolute atomic E-state index is 0.0109. The molecule has 1 aliphatic heterocycles. The van der Waals surface area contributed by atoms with Gasteiger partial charge in [-0.05, 0) is 43.5 Å². The molecule has 5 heteroatoms. The van der Waals surface area contributed by atoms with Crippen molar-refractivity contribution in [1.29, 1.82) is 0 Å². The third-order valence-corrected chi connectivity index (χ3v) is 4.41. The molecule has 1 fully saturated rings. The molecule has 3 heterocycles. The van der Waals surface area contributed by atoms with Crippen LogP contribution in [0.4, 0.5) is 0 Å². The Bertz CT molecular complexity index is 794. The number of pyridine rings is 1. The Balaban J connectivity index is 1.69. The molecule has 3 aromatic rings. The SMILES string of the molecule is O=C(c1ccncc1)N1CCCC[C@@H]1c1nc2ccccc2[nH]1. The number of hydrogen-bond acceptors (Lipinski definition) is 3. The summed E-state index contributed by atoms with van der Waals surface area (Å²) in [5.41, 5.74) is 2.65. The van der Waals surface area contributed by atoms with Crippen LogP contribution in [0.2, 0.25) is 0 Å². The highest BCUT2D eigenvalue weighted by Crippen LogP contribution is 2.31. The first kappa shape index (κ1) is 13.9. The van der Waals surface area contributed by atoms with Crippen LogP contribution in [0.3, 0.4) is 0 Å². The topological polar surface area (TPSA) is 61.9 Å². The summed E-state index contributed by atoms with van der Waals surface area (Å²) in [6.45, 7) is 0.767. The number of fused-ring (bicyclic) bond motifs is 1. The summed E-state index contributed by atoms with van der Waals surface area (Å²) < 4.78 is 0. The highest BCUT2D eigenvalue weighted by atomic mass is 16.2. The van der Waals surface area contributed by atoms with Crippen LogP contribution in [-0.2, 0) is 0 Å². The van der Waals surface area contributed by atoms with Crippen molar-refractivity contribution in [1.82, 2.24) is 19.9 Å². The number of aromatic nitrogens is 3. The molecule has 1 aliphatic rings. The number of piperidine rings is 1. The number of aromatic amines is 1. The van der Waals surface area contributed by atoms with Gasteiger partial charge in [-0.2, -0.15) is 0 Å². The number of rotatable bonds is 2. The lowest BCUT2D eigenvalue weighted by molar-refractivity contribution is 0.0601. The molecule has 5 nitrogen and oxygen atoms in total. The van der Waals surface area contributed by atoms with Gasteiger partial charge in [-0.15, -0.1) is 0 Å². The minimum Gasteiger partial charge on any atom is -0.340 e. The number of likely N-dealkylation sites (tertiary alicyclic amines) is 1. The van der Waals surface area contributed by atoms with Gasteiger partial charge in [0.1, 0.15) is 5.82 Å². The Kier molecular flexibility index (Phi) is 3.54. The summed E-state index contributed by atoms with van der Waals surface area (Å²) in [7, 11) is 0. The van der Waals surface area contributed by atoms with Gasteiger partial charge in [-0.25, -0.2) is 4.98 Å². The molecule has 0 radical (unpaired) electrons. The van der Waals surface area contributed by atoms with Crippen LogP contribution in [0.5, 0.6) is 0 Å². The number of carbonyl (C=O) groups is 1. The predicted molar refractivity (Wildman–Crippen MR) is 88.0 cm³/mol. The van der Waals surface area contributed by atoms with Gasteiger partial charge >= 0.3 is 0 Å². The summed E-state index contributed by atoms with van der Waals surface area (Å²) in [4.78, 5) is 26.9. The number of H-pyrrole nitrogens is 1. The Morgan fingerprint density at radius 1 is 1.13 bits per heavy atom. The standard InChI is InChI=1S/C18H18N4O/c23-18(13-8-10-19-11-9-13)22-12-4-3-7-16(22)17-20-14-5-1-2-6-15(14)21-17/h1-2,5-6,8-11,16H,3-4,7,12H2,(H,20,21)/t16-/m1/s1. The molecule has 1 saturated heterocycles. The molecule has 1 aromatic carbocycles. The van der Waals surface area contributed by atoms with Crippen molar-refractivity contribution in [2.75, 3.05) is 6.54 Å². The molecule has 0 saturated carbocycles. The molecular formula is C18H18N4O. The van der Waals surface area contributed by atoms with Crippen molar-refractivity contribution >= 4 is 16.9 Å². The normalized spacial score (nSPS) is 18.3. The van der Waals surface area contributed by atoms with Gasteiger partial charge in [0.2, 0.25) is 0 Å². The van der Waals surface area contributed by atoms with Crippen LogP contribution in [-0.4, -0.2) is 32.3 Å². The lowest BCUT2D eigenvalue weighted by Gasteiger charge is -2.34. The van der Waals surface area contributed by atoms with E-state index in [1.807, 2.05) is 29.2 Å². The lowest BCUT2D eigenvalue weighted by atomic mass is 10.0. The van der Waals surface area contributed by atoms with Crippen LogP contribution >= 0.6 is 0 Å². The third-order valence-electron chi connectivity index (χ3n) is 4.41. The summed E-state index contributed by atoms with van der Waals surface area (Å²) in [5, 5.41) is 0. The predicted octanol–water partition coefficient (Wildman–Crippen LogP) is 3.33. The number of amides is 1. The van der Waals surface area contributed by atoms with E-state index in [-0.39, 0.29) is 11.9 Å². The molecule has 4 rings (SSSR count). The smallest absolute Gasteiger partial charge is 0.254 e. The first-order valence-corrected chi connectivity index (χ1v) is 7.98. The maximum absolute atomic E-state index is 12.9. The van der Waals surface area contributed by atoms with Gasteiger partial charge in [0, 0.05) is 24.5 Å². The zero-order chi connectivity index (χ0) is 15.6. The molecule has 23 heavy (non-hydrogen) atoms. The number of hydrogen-bond donors (Lipinski definition) is 1. The van der Waals surface area contributed by atoms with E-state index >= 15 is 0 Å². The van der Waals surface area contributed by atoms with E-state index in [9.17, 15) is 4.79 Å². The summed E-state index contributed by atoms with van der Waals surface area (Å²) >= 11 is 0. The van der Waals surface area contributed by atoms with Gasteiger partial charge in [0.05, 0.1) is 17.1 Å². The fraction of sp³-hybridized carbons (Fsp3) is 0.278. The molecule has 0 spiro atoms. The van der Waals surface area contributed by atoms with Crippen molar-refractivity contribution in [3.63, 3.8) is 0 Å². The van der Waals surface area contributed by atoms with Gasteiger partial charge in [0.25, 0.3) is 5.91 Å². The van der Waals surface area contributed by atoms with Crippen LogP contribution in [0.1, 0.15) is 41.5 Å². The maximum Gasteiger partial charge on any atom is 0.254 e. The number of para-hydroxylation sites is 2. The molecule has 0 unspecified atom stereocenters. The van der Waals surface area contributed by atoms with Crippen molar-refractivity contribution in [3.05, 3.63) is 60.2 Å². The highest BCUT2D eigenvalue weighted by molar-refractivity contribution is 5.94. The second kappa shape index (κ2) is 5.83. The largest absolute Gasteiger partial charge is 0.340 e. The monoisotopic (exact) mass is 306 g/mol. The quantitative estimate of drug-likeness (QED) is 0.790. The Morgan fingerprint density at radius 2 is 1.96 bits per heavy atom. The van der Waals surface area contributed by atoms with Gasteiger partial charge in [-0.1, -0.05) is 12.1 Å².